The molecule has 192 valence electrons. The van der Waals surface area contributed by atoms with E-state index in [2.05, 4.69) is 22.1 Å². The van der Waals surface area contributed by atoms with E-state index in [1.54, 1.807) is 16.8 Å². The van der Waals surface area contributed by atoms with Crippen LogP contribution in [-0.4, -0.2) is 71.3 Å². The average Bonchev–Trinajstić information content (AvgIpc) is 3.33. The van der Waals surface area contributed by atoms with Crippen LogP contribution in [0.25, 0.3) is 0 Å². The van der Waals surface area contributed by atoms with E-state index in [0.29, 0.717) is 32.7 Å². The number of amides is 1. The van der Waals surface area contributed by atoms with Gasteiger partial charge >= 0.3 is 0 Å². The van der Waals surface area contributed by atoms with Crippen LogP contribution in [0.5, 0.6) is 0 Å². The summed E-state index contributed by atoms with van der Waals surface area (Å²) in [6.45, 7) is 9.61. The second-order valence-corrected chi connectivity index (χ2v) is 12.0. The Kier molecular flexibility index (Phi) is 7.98. The van der Waals surface area contributed by atoms with Gasteiger partial charge in [0.25, 0.3) is 15.9 Å². The molecule has 1 amide bonds. The number of aryl methyl sites for hydroxylation is 3. The molecule has 0 unspecified atom stereocenters. The minimum Gasteiger partial charge on any atom is -0.350 e. The molecule has 9 heteroatoms. The van der Waals surface area contributed by atoms with Crippen LogP contribution in [0.3, 0.4) is 0 Å². The molecule has 1 saturated carbocycles. The molecular formula is C26H39N5O3S. The van der Waals surface area contributed by atoms with Gasteiger partial charge in [-0.05, 0) is 44.7 Å². The van der Waals surface area contributed by atoms with E-state index in [1.807, 2.05) is 36.6 Å². The summed E-state index contributed by atoms with van der Waals surface area (Å²) in [6.07, 6.45) is 9.68. The lowest BCUT2D eigenvalue weighted by Crippen LogP contribution is -2.62. The van der Waals surface area contributed by atoms with Crippen molar-refractivity contribution in [3.63, 3.8) is 0 Å². The number of nitrogens with one attached hydrogen (secondary N) is 1. The zero-order valence-corrected chi connectivity index (χ0v) is 22.1. The van der Waals surface area contributed by atoms with Crippen molar-refractivity contribution in [3.8, 4) is 0 Å². The fraction of sp³-hybridized carbons (Fsp3) is 0.615. The Labute approximate surface area is 209 Å². The van der Waals surface area contributed by atoms with Crippen molar-refractivity contribution < 1.29 is 13.2 Å². The summed E-state index contributed by atoms with van der Waals surface area (Å²) in [4.78, 5) is 19.6. The van der Waals surface area contributed by atoms with Gasteiger partial charge in [-0.25, -0.2) is 13.4 Å². The van der Waals surface area contributed by atoms with Crippen molar-refractivity contribution >= 4 is 15.9 Å². The molecule has 0 spiro atoms. The lowest BCUT2D eigenvalue weighted by molar-refractivity contribution is 0.0239. The molecule has 4 rings (SSSR count). The number of rotatable bonds is 8. The Morgan fingerprint density at radius 3 is 2.46 bits per heavy atom. The van der Waals surface area contributed by atoms with E-state index in [1.165, 1.54) is 6.42 Å². The first-order valence-corrected chi connectivity index (χ1v) is 14.3. The van der Waals surface area contributed by atoms with Gasteiger partial charge in [-0.3, -0.25) is 9.69 Å². The van der Waals surface area contributed by atoms with Gasteiger partial charge in [-0.15, -0.1) is 0 Å². The highest BCUT2D eigenvalue weighted by atomic mass is 32.2. The molecule has 1 aromatic carbocycles. The van der Waals surface area contributed by atoms with E-state index in [4.69, 9.17) is 0 Å². The fourth-order valence-corrected chi connectivity index (χ4v) is 6.97. The Hall–Kier alpha value is -2.23. The number of carbonyl (C=O) groups excluding carboxylic acids is 1. The molecule has 0 radical (unpaired) electrons. The van der Waals surface area contributed by atoms with E-state index >= 15 is 0 Å². The molecule has 35 heavy (non-hydrogen) atoms. The minimum absolute atomic E-state index is 0.0312. The fourth-order valence-electron chi connectivity index (χ4n) is 5.61. The summed E-state index contributed by atoms with van der Waals surface area (Å²) >= 11 is 0. The molecule has 1 aliphatic heterocycles. The number of sulfonamides is 1. The van der Waals surface area contributed by atoms with Gasteiger partial charge in [0.2, 0.25) is 0 Å². The van der Waals surface area contributed by atoms with Crippen LogP contribution in [0.4, 0.5) is 0 Å². The van der Waals surface area contributed by atoms with Gasteiger partial charge in [0.1, 0.15) is 0 Å². The van der Waals surface area contributed by atoms with E-state index in [0.717, 1.165) is 55.3 Å². The van der Waals surface area contributed by atoms with Crippen molar-refractivity contribution in [2.45, 2.75) is 76.4 Å². The molecule has 0 bridgehead atoms. The Morgan fingerprint density at radius 2 is 1.80 bits per heavy atom. The van der Waals surface area contributed by atoms with E-state index in [-0.39, 0.29) is 16.5 Å². The number of imidazole rings is 1. The minimum atomic E-state index is -3.60. The molecule has 1 N–H and O–H groups in total. The lowest BCUT2D eigenvalue weighted by atomic mass is 9.79. The van der Waals surface area contributed by atoms with Crippen LogP contribution in [-0.2, 0) is 16.6 Å². The predicted octanol–water partition coefficient (Wildman–Crippen LogP) is 3.35. The number of aromatic nitrogens is 2. The molecule has 8 nitrogen and oxygen atoms in total. The molecule has 0 atom stereocenters. The third-order valence-electron chi connectivity index (χ3n) is 7.59. The highest BCUT2D eigenvalue weighted by molar-refractivity contribution is 7.89. The van der Waals surface area contributed by atoms with Crippen LogP contribution in [0.1, 0.15) is 66.9 Å². The Bertz CT molecular complexity index is 1130. The second kappa shape index (κ2) is 10.8. The zero-order valence-electron chi connectivity index (χ0n) is 21.3. The molecule has 1 saturated heterocycles. The van der Waals surface area contributed by atoms with Gasteiger partial charge in [0.15, 0.2) is 5.03 Å². The summed E-state index contributed by atoms with van der Waals surface area (Å²) in [5.74, 6) is -0.0312. The normalized spacial score (nSPS) is 19.5. The van der Waals surface area contributed by atoms with E-state index < -0.39 is 10.0 Å². The van der Waals surface area contributed by atoms with Crippen LogP contribution >= 0.6 is 0 Å². The summed E-state index contributed by atoms with van der Waals surface area (Å²) in [6, 6.07) is 5.92. The Balaban J connectivity index is 1.42. The van der Waals surface area contributed by atoms with Gasteiger partial charge in [0.05, 0.1) is 6.33 Å². The quantitative estimate of drug-likeness (QED) is 0.599. The van der Waals surface area contributed by atoms with Crippen molar-refractivity contribution in [3.05, 3.63) is 47.4 Å². The highest BCUT2D eigenvalue weighted by Crippen LogP contribution is 2.34. The number of benzene rings is 1. The van der Waals surface area contributed by atoms with Crippen molar-refractivity contribution in [1.29, 1.82) is 0 Å². The maximum absolute atomic E-state index is 13.2. The lowest BCUT2D eigenvalue weighted by Gasteiger charge is -2.49. The first-order chi connectivity index (χ1) is 16.7. The smallest absolute Gasteiger partial charge is 0.262 e. The molecule has 1 aliphatic carbocycles. The number of hydrogen-bond donors (Lipinski definition) is 1. The number of hydrogen-bond acceptors (Lipinski definition) is 5. The number of carbonyl (C=O) groups is 1. The molecule has 2 fully saturated rings. The summed E-state index contributed by atoms with van der Waals surface area (Å²) in [7, 11) is -3.60. The number of piperazine rings is 1. The topological polar surface area (TPSA) is 87.5 Å². The maximum atomic E-state index is 13.2. The van der Waals surface area contributed by atoms with E-state index in [9.17, 15) is 13.2 Å². The van der Waals surface area contributed by atoms with Crippen molar-refractivity contribution in [2.24, 2.45) is 0 Å². The third-order valence-corrected chi connectivity index (χ3v) is 9.38. The highest BCUT2D eigenvalue weighted by Gasteiger charge is 2.41. The summed E-state index contributed by atoms with van der Waals surface area (Å²) in [5.41, 5.74) is 2.73. The molecule has 2 heterocycles. The maximum Gasteiger partial charge on any atom is 0.262 e. The third kappa shape index (κ3) is 5.62. The number of nitrogens with zero attached hydrogens (tertiary/aromatic N) is 4. The van der Waals surface area contributed by atoms with Crippen molar-refractivity contribution in [1.82, 2.24) is 24.1 Å². The summed E-state index contributed by atoms with van der Waals surface area (Å²) in [5, 5.41) is 3.36. The largest absolute Gasteiger partial charge is 0.350 e. The van der Waals surface area contributed by atoms with Gasteiger partial charge in [-0.2, -0.15) is 4.31 Å². The average molecular weight is 502 g/mol. The zero-order chi connectivity index (χ0) is 25.1. The van der Waals surface area contributed by atoms with Crippen LogP contribution in [0, 0.1) is 13.8 Å². The predicted molar refractivity (Wildman–Crippen MR) is 137 cm³/mol. The molecule has 2 aromatic rings. The van der Waals surface area contributed by atoms with Crippen LogP contribution in [0.15, 0.2) is 35.7 Å². The van der Waals surface area contributed by atoms with Gasteiger partial charge in [0, 0.05) is 56.6 Å². The first kappa shape index (κ1) is 25.9. The molecule has 2 aliphatic rings. The monoisotopic (exact) mass is 501 g/mol. The van der Waals surface area contributed by atoms with Gasteiger partial charge < -0.3 is 9.88 Å². The first-order valence-electron chi connectivity index (χ1n) is 12.9. The van der Waals surface area contributed by atoms with Crippen LogP contribution < -0.4 is 5.32 Å². The van der Waals surface area contributed by atoms with Crippen LogP contribution in [0.2, 0.25) is 0 Å². The standard InChI is InChI=1S/C26H39N5O3S/c1-4-12-29-18-24(28-20-29)35(33,34)31-15-13-30(14-16-31)26(10-6-5-7-11-26)19-27-25(32)23-9-8-21(2)17-22(23)3/h8-9,17-18,20H,4-7,10-16,19H2,1-3H3,(H,27,32). The van der Waals surface area contributed by atoms with Gasteiger partial charge in [-0.1, -0.05) is 43.9 Å². The molecular weight excluding hydrogens is 462 g/mol. The second-order valence-electron chi connectivity index (χ2n) is 10.1. The summed E-state index contributed by atoms with van der Waals surface area (Å²) < 4.78 is 29.7. The van der Waals surface area contributed by atoms with Crippen molar-refractivity contribution in [2.75, 3.05) is 32.7 Å². The SMILES string of the molecule is CCCn1cnc(S(=O)(=O)N2CCN(C3(CNC(=O)c4ccc(C)cc4C)CCCCC3)CC2)c1. The molecule has 1 aromatic heterocycles. The Morgan fingerprint density at radius 1 is 1.09 bits per heavy atom.